The Balaban J connectivity index is 1.71. The lowest BCUT2D eigenvalue weighted by molar-refractivity contribution is 0.129. The van der Waals surface area contributed by atoms with Crippen LogP contribution in [0.15, 0.2) is 6.20 Å². The monoisotopic (exact) mass is 297 g/mol. The third-order valence-electron chi connectivity index (χ3n) is 3.63. The number of urea groups is 1. The predicted octanol–water partition coefficient (Wildman–Crippen LogP) is 1.66. The number of thiazole rings is 1. The zero-order valence-corrected chi connectivity index (χ0v) is 12.8. The molecule has 1 aliphatic rings. The molecule has 112 valence electrons. The van der Waals surface area contributed by atoms with Crippen molar-refractivity contribution in [2.24, 2.45) is 5.92 Å². The van der Waals surface area contributed by atoms with Gasteiger partial charge in [-0.3, -0.25) is 0 Å². The number of aliphatic hydroxyl groups excluding tert-OH is 1. The van der Waals surface area contributed by atoms with Crippen LogP contribution in [0.25, 0.3) is 0 Å². The highest BCUT2D eigenvalue weighted by Crippen LogP contribution is 2.16. The van der Waals surface area contributed by atoms with E-state index in [-0.39, 0.29) is 18.6 Å². The molecule has 20 heavy (non-hydrogen) atoms. The number of aliphatic hydroxyl groups is 1. The molecule has 1 aromatic heterocycles. The van der Waals surface area contributed by atoms with Gasteiger partial charge < -0.3 is 15.3 Å². The number of nitrogens with one attached hydrogen (secondary N) is 1. The van der Waals surface area contributed by atoms with Crippen molar-refractivity contribution in [2.45, 2.75) is 32.6 Å². The van der Waals surface area contributed by atoms with Crippen molar-refractivity contribution in [1.29, 1.82) is 0 Å². The van der Waals surface area contributed by atoms with Gasteiger partial charge in [0.15, 0.2) is 0 Å². The minimum absolute atomic E-state index is 0.0181. The van der Waals surface area contributed by atoms with Gasteiger partial charge in [-0.1, -0.05) is 6.92 Å². The van der Waals surface area contributed by atoms with Crippen LogP contribution in [0.2, 0.25) is 0 Å². The molecular weight excluding hydrogens is 274 g/mol. The van der Waals surface area contributed by atoms with Gasteiger partial charge in [0.1, 0.15) is 0 Å². The third kappa shape index (κ3) is 4.18. The summed E-state index contributed by atoms with van der Waals surface area (Å²) < 4.78 is 0. The van der Waals surface area contributed by atoms with E-state index in [0.29, 0.717) is 13.1 Å². The second kappa shape index (κ2) is 7.59. The summed E-state index contributed by atoms with van der Waals surface area (Å²) in [5.74, 6) is 0.237. The van der Waals surface area contributed by atoms with Gasteiger partial charge in [0.05, 0.1) is 5.01 Å². The van der Waals surface area contributed by atoms with Crippen molar-refractivity contribution in [1.82, 2.24) is 15.2 Å². The Bertz CT molecular complexity index is 436. The Hall–Kier alpha value is -1.14. The molecule has 0 unspecified atom stereocenters. The largest absolute Gasteiger partial charge is 0.396 e. The molecule has 6 heteroatoms. The Labute approximate surface area is 124 Å². The maximum atomic E-state index is 12.0. The van der Waals surface area contributed by atoms with Crippen LogP contribution in [0.4, 0.5) is 4.79 Å². The van der Waals surface area contributed by atoms with Gasteiger partial charge in [-0.25, -0.2) is 9.78 Å². The van der Waals surface area contributed by atoms with E-state index >= 15 is 0 Å². The number of hydrogen-bond acceptors (Lipinski definition) is 4. The molecule has 0 saturated carbocycles. The average molecular weight is 297 g/mol. The first-order chi connectivity index (χ1) is 9.72. The number of carbonyl (C=O) groups excluding carboxylic acids is 1. The molecule has 2 amide bonds. The van der Waals surface area contributed by atoms with Gasteiger partial charge in [-0.15, -0.1) is 11.3 Å². The van der Waals surface area contributed by atoms with Gasteiger partial charge in [0.25, 0.3) is 0 Å². The number of piperidine rings is 1. The minimum atomic E-state index is -0.0181. The molecule has 2 N–H and O–H groups in total. The van der Waals surface area contributed by atoms with E-state index < -0.39 is 0 Å². The van der Waals surface area contributed by atoms with Crippen molar-refractivity contribution in [2.75, 3.05) is 26.2 Å². The first-order valence-electron chi connectivity index (χ1n) is 7.30. The van der Waals surface area contributed by atoms with Crippen LogP contribution >= 0.6 is 11.3 Å². The molecule has 1 aliphatic heterocycles. The molecule has 1 fully saturated rings. The number of aryl methyl sites for hydroxylation is 1. The van der Waals surface area contributed by atoms with E-state index in [1.54, 1.807) is 11.3 Å². The highest BCUT2D eigenvalue weighted by Gasteiger charge is 2.22. The number of likely N-dealkylation sites (tertiary alicyclic amines) is 1. The van der Waals surface area contributed by atoms with Crippen LogP contribution in [0.1, 0.15) is 29.7 Å². The number of hydrogen-bond donors (Lipinski definition) is 2. The normalized spacial score (nSPS) is 19.1. The molecule has 1 atom stereocenters. The van der Waals surface area contributed by atoms with Crippen molar-refractivity contribution < 1.29 is 9.90 Å². The van der Waals surface area contributed by atoms with Crippen LogP contribution in [0, 0.1) is 5.92 Å². The van der Waals surface area contributed by atoms with Crippen molar-refractivity contribution in [3.05, 3.63) is 16.1 Å². The summed E-state index contributed by atoms with van der Waals surface area (Å²) >= 11 is 1.72. The maximum absolute atomic E-state index is 12.0. The van der Waals surface area contributed by atoms with Crippen LogP contribution in [-0.2, 0) is 12.8 Å². The van der Waals surface area contributed by atoms with E-state index in [9.17, 15) is 9.90 Å². The number of rotatable bonds is 5. The molecule has 2 rings (SSSR count). The molecule has 1 saturated heterocycles. The van der Waals surface area contributed by atoms with Gasteiger partial charge >= 0.3 is 6.03 Å². The number of carbonyl (C=O) groups is 1. The van der Waals surface area contributed by atoms with Gasteiger partial charge in [-0.2, -0.15) is 0 Å². The topological polar surface area (TPSA) is 65.5 Å². The molecule has 0 aromatic carbocycles. The van der Waals surface area contributed by atoms with Crippen molar-refractivity contribution in [3.63, 3.8) is 0 Å². The first kappa shape index (κ1) is 15.3. The first-order valence-corrected chi connectivity index (χ1v) is 8.11. The third-order valence-corrected chi connectivity index (χ3v) is 4.83. The summed E-state index contributed by atoms with van der Waals surface area (Å²) in [7, 11) is 0. The van der Waals surface area contributed by atoms with E-state index in [4.69, 9.17) is 0 Å². The van der Waals surface area contributed by atoms with Crippen LogP contribution in [0.5, 0.6) is 0 Å². The molecule has 5 nitrogen and oxygen atoms in total. The summed E-state index contributed by atoms with van der Waals surface area (Å²) in [6, 6.07) is -0.0181. The summed E-state index contributed by atoms with van der Waals surface area (Å²) in [5.41, 5.74) is 0. The standard InChI is InChI=1S/C14H23N3O2S/c1-2-12-8-16-13(20-12)5-6-15-14(19)17-7-3-4-11(9-17)10-18/h8,11,18H,2-7,9-10H2,1H3,(H,15,19)/t11-/m1/s1. The fourth-order valence-corrected chi connectivity index (χ4v) is 3.28. The molecule has 0 bridgehead atoms. The van der Waals surface area contributed by atoms with Crippen molar-refractivity contribution >= 4 is 17.4 Å². The fourth-order valence-electron chi connectivity index (χ4n) is 2.41. The maximum Gasteiger partial charge on any atom is 0.317 e. The minimum Gasteiger partial charge on any atom is -0.396 e. The lowest BCUT2D eigenvalue weighted by Crippen LogP contribution is -2.46. The zero-order chi connectivity index (χ0) is 14.4. The lowest BCUT2D eigenvalue weighted by atomic mass is 9.99. The molecule has 0 aliphatic carbocycles. The Morgan fingerprint density at radius 2 is 2.50 bits per heavy atom. The lowest BCUT2D eigenvalue weighted by Gasteiger charge is -2.31. The van der Waals surface area contributed by atoms with E-state index in [1.807, 2.05) is 11.1 Å². The summed E-state index contributed by atoms with van der Waals surface area (Å²) in [4.78, 5) is 19.5. The van der Waals surface area contributed by atoms with Crippen LogP contribution in [-0.4, -0.2) is 47.3 Å². The molecule has 0 radical (unpaired) electrons. The number of nitrogens with zero attached hydrogens (tertiary/aromatic N) is 2. The highest BCUT2D eigenvalue weighted by atomic mass is 32.1. The quantitative estimate of drug-likeness (QED) is 0.869. The fraction of sp³-hybridized carbons (Fsp3) is 0.714. The van der Waals surface area contributed by atoms with E-state index in [2.05, 4.69) is 17.2 Å². The SMILES string of the molecule is CCc1cnc(CCNC(=O)N2CCC[C@@H](CO)C2)s1. The Morgan fingerprint density at radius 3 is 3.20 bits per heavy atom. The molecular formula is C14H23N3O2S. The highest BCUT2D eigenvalue weighted by molar-refractivity contribution is 7.11. The Kier molecular flexibility index (Phi) is 5.79. The zero-order valence-electron chi connectivity index (χ0n) is 12.0. The van der Waals surface area contributed by atoms with Crippen molar-refractivity contribution in [3.8, 4) is 0 Å². The smallest absolute Gasteiger partial charge is 0.317 e. The molecule has 2 heterocycles. The van der Waals surface area contributed by atoms with Gasteiger partial charge in [0.2, 0.25) is 0 Å². The average Bonchev–Trinajstić information content (AvgIpc) is 2.95. The van der Waals surface area contributed by atoms with Crippen LogP contribution in [0.3, 0.4) is 0 Å². The molecule has 0 spiro atoms. The summed E-state index contributed by atoms with van der Waals surface area (Å²) in [6.45, 7) is 4.37. The Morgan fingerprint density at radius 1 is 1.65 bits per heavy atom. The second-order valence-corrected chi connectivity index (χ2v) is 6.39. The van der Waals surface area contributed by atoms with E-state index in [0.717, 1.165) is 37.2 Å². The second-order valence-electron chi connectivity index (χ2n) is 5.19. The number of aromatic nitrogens is 1. The van der Waals surface area contributed by atoms with Gasteiger partial charge in [-0.05, 0) is 25.2 Å². The van der Waals surface area contributed by atoms with Gasteiger partial charge in [0, 0.05) is 43.7 Å². The predicted molar refractivity (Wildman–Crippen MR) is 80.0 cm³/mol. The molecule has 1 aromatic rings. The number of amides is 2. The van der Waals surface area contributed by atoms with E-state index in [1.165, 1.54) is 4.88 Å². The van der Waals surface area contributed by atoms with Crippen LogP contribution < -0.4 is 5.32 Å². The summed E-state index contributed by atoms with van der Waals surface area (Å²) in [5, 5.41) is 13.2. The summed E-state index contributed by atoms with van der Waals surface area (Å²) in [6.07, 6.45) is 5.70.